The molecular formula is C22H23NO3. The van der Waals surface area contributed by atoms with Crippen molar-refractivity contribution < 1.29 is 14.3 Å². The summed E-state index contributed by atoms with van der Waals surface area (Å²) < 4.78 is 5.94. The second-order valence-corrected chi connectivity index (χ2v) is 6.98. The van der Waals surface area contributed by atoms with E-state index in [1.165, 1.54) is 0 Å². The van der Waals surface area contributed by atoms with Crippen LogP contribution in [0.1, 0.15) is 58.0 Å². The van der Waals surface area contributed by atoms with Crippen LogP contribution in [0.15, 0.2) is 42.5 Å². The molecule has 0 aromatic heterocycles. The van der Waals surface area contributed by atoms with Crippen LogP contribution in [-0.4, -0.2) is 37.4 Å². The number of hydrogen-bond donors (Lipinski definition) is 0. The monoisotopic (exact) mass is 349 g/mol. The minimum atomic E-state index is -0.0622. The lowest BCUT2D eigenvalue weighted by atomic mass is 9.83. The molecule has 2 aromatic carbocycles. The van der Waals surface area contributed by atoms with Gasteiger partial charge in [0.2, 0.25) is 0 Å². The maximum Gasteiger partial charge on any atom is 0.196 e. The minimum absolute atomic E-state index is 0.0533. The van der Waals surface area contributed by atoms with Crippen molar-refractivity contribution >= 4 is 17.3 Å². The lowest BCUT2D eigenvalue weighted by Gasteiger charge is -2.36. The van der Waals surface area contributed by atoms with Gasteiger partial charge in [0.1, 0.15) is 0 Å². The van der Waals surface area contributed by atoms with E-state index in [-0.39, 0.29) is 17.7 Å². The summed E-state index contributed by atoms with van der Waals surface area (Å²) in [4.78, 5) is 28.3. The number of ketones is 2. The van der Waals surface area contributed by atoms with Gasteiger partial charge in [-0.2, -0.15) is 0 Å². The lowest BCUT2D eigenvalue weighted by Crippen LogP contribution is -2.41. The number of rotatable bonds is 4. The number of carbonyl (C=O) groups excluding carboxylic acids is 2. The molecular weight excluding hydrogens is 326 g/mol. The maximum atomic E-state index is 13.2. The van der Waals surface area contributed by atoms with E-state index < -0.39 is 0 Å². The van der Waals surface area contributed by atoms with Crippen molar-refractivity contribution in [2.75, 3.05) is 24.6 Å². The Balaban J connectivity index is 1.72. The van der Waals surface area contributed by atoms with E-state index in [4.69, 9.17) is 4.74 Å². The summed E-state index contributed by atoms with van der Waals surface area (Å²) >= 11 is 0. The molecule has 26 heavy (non-hydrogen) atoms. The van der Waals surface area contributed by atoms with Gasteiger partial charge in [0.25, 0.3) is 0 Å². The molecule has 4 heteroatoms. The normalized spacial score (nSPS) is 19.3. The van der Waals surface area contributed by atoms with Crippen LogP contribution in [0.5, 0.6) is 0 Å². The molecule has 1 aliphatic heterocycles. The highest BCUT2D eigenvalue weighted by atomic mass is 16.5. The summed E-state index contributed by atoms with van der Waals surface area (Å²) in [6, 6.07) is 12.7. The zero-order chi connectivity index (χ0) is 18.1. The number of carbonyl (C=O) groups is 2. The molecule has 2 aliphatic rings. The fourth-order valence-corrected chi connectivity index (χ4v) is 3.97. The highest BCUT2D eigenvalue weighted by Gasteiger charge is 2.33. The Hall–Kier alpha value is -2.46. The molecule has 1 fully saturated rings. The minimum Gasteiger partial charge on any atom is -0.376 e. The number of ether oxygens (including phenoxy) is 1. The molecule has 1 unspecified atom stereocenters. The van der Waals surface area contributed by atoms with Gasteiger partial charge in [-0.3, -0.25) is 9.59 Å². The second-order valence-electron chi connectivity index (χ2n) is 6.98. The average Bonchev–Trinajstić information content (AvgIpc) is 2.70. The van der Waals surface area contributed by atoms with Gasteiger partial charge in [-0.15, -0.1) is 0 Å². The molecule has 0 amide bonds. The molecule has 1 heterocycles. The SMILES string of the molecule is CCCOC1CCCN(c2cccc3c2C(=O)c2ccccc2C3=O)C1. The average molecular weight is 349 g/mol. The van der Waals surface area contributed by atoms with Crippen LogP contribution in [0.2, 0.25) is 0 Å². The summed E-state index contributed by atoms with van der Waals surface area (Å²) in [7, 11) is 0. The third kappa shape index (κ3) is 2.84. The fraction of sp³-hybridized carbons (Fsp3) is 0.364. The number of nitrogens with zero attached hydrogens (tertiary/aromatic N) is 1. The summed E-state index contributed by atoms with van der Waals surface area (Å²) in [5.41, 5.74) is 2.94. The van der Waals surface area contributed by atoms with Gasteiger partial charge in [0, 0.05) is 42.1 Å². The summed E-state index contributed by atoms with van der Waals surface area (Å²) in [6.45, 7) is 4.51. The molecule has 4 nitrogen and oxygen atoms in total. The Morgan fingerprint density at radius 1 is 1.00 bits per heavy atom. The van der Waals surface area contributed by atoms with Gasteiger partial charge in [-0.05, 0) is 25.3 Å². The Morgan fingerprint density at radius 2 is 1.73 bits per heavy atom. The van der Waals surface area contributed by atoms with E-state index in [0.29, 0.717) is 22.3 Å². The van der Waals surface area contributed by atoms with Gasteiger partial charge in [0.15, 0.2) is 11.6 Å². The molecule has 1 saturated heterocycles. The van der Waals surface area contributed by atoms with E-state index in [2.05, 4.69) is 11.8 Å². The third-order valence-corrected chi connectivity index (χ3v) is 5.21. The highest BCUT2D eigenvalue weighted by molar-refractivity contribution is 6.30. The van der Waals surface area contributed by atoms with Gasteiger partial charge in [-0.1, -0.05) is 43.3 Å². The smallest absolute Gasteiger partial charge is 0.196 e. The third-order valence-electron chi connectivity index (χ3n) is 5.21. The van der Waals surface area contributed by atoms with Crippen molar-refractivity contribution in [1.29, 1.82) is 0 Å². The lowest BCUT2D eigenvalue weighted by molar-refractivity contribution is 0.0440. The Morgan fingerprint density at radius 3 is 2.50 bits per heavy atom. The second kappa shape index (κ2) is 7.04. The van der Waals surface area contributed by atoms with Crippen LogP contribution in [0.3, 0.4) is 0 Å². The van der Waals surface area contributed by atoms with E-state index in [1.807, 2.05) is 18.2 Å². The van der Waals surface area contributed by atoms with Crippen LogP contribution in [-0.2, 0) is 4.74 Å². The topological polar surface area (TPSA) is 46.6 Å². The van der Waals surface area contributed by atoms with Crippen molar-refractivity contribution in [2.45, 2.75) is 32.3 Å². The molecule has 0 spiro atoms. The van der Waals surface area contributed by atoms with Gasteiger partial charge >= 0.3 is 0 Å². The van der Waals surface area contributed by atoms with Crippen LogP contribution >= 0.6 is 0 Å². The number of benzene rings is 2. The molecule has 0 saturated carbocycles. The largest absolute Gasteiger partial charge is 0.376 e. The quantitative estimate of drug-likeness (QED) is 0.718. The van der Waals surface area contributed by atoms with Crippen molar-refractivity contribution in [3.8, 4) is 0 Å². The number of fused-ring (bicyclic) bond motifs is 2. The van der Waals surface area contributed by atoms with Crippen LogP contribution in [0, 0.1) is 0 Å². The van der Waals surface area contributed by atoms with E-state index in [0.717, 1.165) is 44.6 Å². The van der Waals surface area contributed by atoms with Crippen LogP contribution in [0.4, 0.5) is 5.69 Å². The predicted molar refractivity (Wildman–Crippen MR) is 101 cm³/mol. The first-order valence-electron chi connectivity index (χ1n) is 9.38. The van der Waals surface area contributed by atoms with Crippen molar-refractivity contribution in [1.82, 2.24) is 0 Å². The predicted octanol–water partition coefficient (Wildman–Crippen LogP) is 3.86. The van der Waals surface area contributed by atoms with Gasteiger partial charge < -0.3 is 9.64 Å². The van der Waals surface area contributed by atoms with Crippen molar-refractivity contribution in [2.24, 2.45) is 0 Å². The molecule has 1 aliphatic carbocycles. The van der Waals surface area contributed by atoms with Crippen molar-refractivity contribution in [3.63, 3.8) is 0 Å². The standard InChI is InChI=1S/C22H23NO3/c1-2-13-26-15-7-6-12-23(14-15)19-11-5-10-18-20(19)22(25)17-9-4-3-8-16(17)21(18)24/h3-5,8-11,15H,2,6-7,12-14H2,1H3. The molecule has 0 radical (unpaired) electrons. The zero-order valence-corrected chi connectivity index (χ0v) is 15.0. The Bertz CT molecular complexity index is 858. The first-order valence-corrected chi connectivity index (χ1v) is 9.38. The summed E-state index contributed by atoms with van der Waals surface area (Å²) in [5, 5.41) is 0. The molecule has 1 atom stereocenters. The number of piperidine rings is 1. The first-order chi connectivity index (χ1) is 12.7. The molecule has 2 aromatic rings. The van der Waals surface area contributed by atoms with E-state index >= 15 is 0 Å². The summed E-state index contributed by atoms with van der Waals surface area (Å²) in [5.74, 6) is -0.116. The highest BCUT2D eigenvalue weighted by Crippen LogP contribution is 2.35. The van der Waals surface area contributed by atoms with E-state index in [9.17, 15) is 9.59 Å². The van der Waals surface area contributed by atoms with Gasteiger partial charge in [-0.25, -0.2) is 0 Å². The van der Waals surface area contributed by atoms with Crippen LogP contribution in [0.25, 0.3) is 0 Å². The number of hydrogen-bond acceptors (Lipinski definition) is 4. The van der Waals surface area contributed by atoms with E-state index in [1.54, 1.807) is 24.3 Å². The molecule has 0 N–H and O–H groups in total. The number of anilines is 1. The molecule has 4 rings (SSSR count). The summed E-state index contributed by atoms with van der Waals surface area (Å²) in [6.07, 6.45) is 3.25. The van der Waals surface area contributed by atoms with Gasteiger partial charge in [0.05, 0.1) is 11.7 Å². The van der Waals surface area contributed by atoms with Crippen molar-refractivity contribution in [3.05, 3.63) is 64.7 Å². The Kier molecular flexibility index (Phi) is 4.60. The fourth-order valence-electron chi connectivity index (χ4n) is 3.97. The molecule has 0 bridgehead atoms. The zero-order valence-electron chi connectivity index (χ0n) is 15.0. The maximum absolute atomic E-state index is 13.2. The van der Waals surface area contributed by atoms with Crippen LogP contribution < -0.4 is 4.90 Å². The molecule has 134 valence electrons. The Labute approximate surface area is 153 Å². The first kappa shape index (κ1) is 17.0.